The maximum absolute atomic E-state index is 10.4. The third kappa shape index (κ3) is 16.2. The van der Waals surface area contributed by atoms with Crippen LogP contribution in [0.2, 0.25) is 0 Å². The second-order valence-corrected chi connectivity index (χ2v) is 6.78. The minimum Gasteiger partial charge on any atom is -0.481 e. The lowest BCUT2D eigenvalue weighted by molar-refractivity contribution is -0.138. The van der Waals surface area contributed by atoms with Crippen LogP contribution in [-0.2, 0) is 14.4 Å². The van der Waals surface area contributed by atoms with E-state index in [1.54, 1.807) is 0 Å². The number of carbonyl (C=O) groups is 3. The van der Waals surface area contributed by atoms with Crippen LogP contribution >= 0.6 is 0 Å². The first-order chi connectivity index (χ1) is 13.1. The zero-order valence-electron chi connectivity index (χ0n) is 16.5. The SMILES string of the molecule is CC(=CCC(CO)(CO)CO)C(=O)O.O=C(O)CCCCCCCCC(=O)O. The Morgan fingerprint density at radius 1 is 0.714 bits per heavy atom. The molecule has 0 aliphatic rings. The summed E-state index contributed by atoms with van der Waals surface area (Å²) in [4.78, 5) is 30.7. The molecule has 9 heteroatoms. The van der Waals surface area contributed by atoms with E-state index >= 15 is 0 Å². The number of aliphatic hydroxyl groups excluding tert-OH is 3. The molecule has 0 unspecified atom stereocenters. The number of hydrogen-bond donors (Lipinski definition) is 6. The van der Waals surface area contributed by atoms with Gasteiger partial charge in [-0.1, -0.05) is 31.8 Å². The monoisotopic (exact) mass is 406 g/mol. The Morgan fingerprint density at radius 2 is 1.07 bits per heavy atom. The number of allylic oxidation sites excluding steroid dienone is 1. The van der Waals surface area contributed by atoms with Crippen LogP contribution in [0.5, 0.6) is 0 Å². The molecule has 9 nitrogen and oxygen atoms in total. The van der Waals surface area contributed by atoms with E-state index in [-0.39, 0.29) is 44.7 Å². The van der Waals surface area contributed by atoms with Crippen molar-refractivity contribution in [2.75, 3.05) is 19.8 Å². The Kier molecular flexibility index (Phi) is 17.3. The highest BCUT2D eigenvalue weighted by Crippen LogP contribution is 2.21. The molecule has 0 radical (unpaired) electrons. The molecule has 0 aromatic rings. The predicted molar refractivity (Wildman–Crippen MR) is 102 cm³/mol. The first-order valence-electron chi connectivity index (χ1n) is 9.30. The number of aliphatic carboxylic acids is 3. The third-order valence-electron chi connectivity index (χ3n) is 4.22. The molecule has 0 fully saturated rings. The Bertz CT molecular complexity index is 454. The minimum atomic E-state index is -1.05. The van der Waals surface area contributed by atoms with Crippen molar-refractivity contribution >= 4 is 17.9 Å². The van der Waals surface area contributed by atoms with Gasteiger partial charge >= 0.3 is 17.9 Å². The van der Waals surface area contributed by atoms with Crippen molar-refractivity contribution in [1.29, 1.82) is 0 Å². The average molecular weight is 406 g/mol. The van der Waals surface area contributed by atoms with Crippen molar-refractivity contribution in [3.8, 4) is 0 Å². The second kappa shape index (κ2) is 17.2. The summed E-state index contributed by atoms with van der Waals surface area (Å²) in [7, 11) is 0. The molecule has 0 spiro atoms. The number of unbranched alkanes of at least 4 members (excludes halogenated alkanes) is 5. The number of carboxylic acid groups (broad SMARTS) is 3. The fourth-order valence-electron chi connectivity index (χ4n) is 2.06. The van der Waals surface area contributed by atoms with Crippen LogP contribution in [0.25, 0.3) is 0 Å². The van der Waals surface area contributed by atoms with Crippen molar-refractivity contribution < 1.29 is 45.0 Å². The Labute approximate surface area is 165 Å². The maximum Gasteiger partial charge on any atom is 0.330 e. The first-order valence-corrected chi connectivity index (χ1v) is 9.30. The van der Waals surface area contributed by atoms with E-state index in [4.69, 9.17) is 30.6 Å². The zero-order valence-corrected chi connectivity index (χ0v) is 16.5. The smallest absolute Gasteiger partial charge is 0.330 e. The predicted octanol–water partition coefficient (Wildman–Crippen LogP) is 1.65. The summed E-state index contributed by atoms with van der Waals surface area (Å²) in [5, 5.41) is 52.0. The fraction of sp³-hybridized carbons (Fsp3) is 0.737. The molecule has 0 rings (SSSR count). The number of rotatable bonds is 15. The molecule has 0 aliphatic carbocycles. The van der Waals surface area contributed by atoms with Crippen LogP contribution in [0.15, 0.2) is 11.6 Å². The summed E-state index contributed by atoms with van der Waals surface area (Å²) in [6.07, 6.45) is 7.34. The van der Waals surface area contributed by atoms with E-state index in [0.29, 0.717) is 0 Å². The number of hydrogen-bond acceptors (Lipinski definition) is 6. The van der Waals surface area contributed by atoms with Gasteiger partial charge in [-0.25, -0.2) is 4.79 Å². The molecule has 0 aromatic carbocycles. The fourth-order valence-corrected chi connectivity index (χ4v) is 2.06. The Morgan fingerprint density at radius 3 is 1.36 bits per heavy atom. The molecule has 0 amide bonds. The van der Waals surface area contributed by atoms with Crippen molar-refractivity contribution in [3.05, 3.63) is 11.6 Å². The van der Waals surface area contributed by atoms with Crippen LogP contribution in [0.4, 0.5) is 0 Å². The lowest BCUT2D eigenvalue weighted by Crippen LogP contribution is -2.33. The van der Waals surface area contributed by atoms with Crippen LogP contribution in [0, 0.1) is 5.41 Å². The molecule has 0 aromatic heterocycles. The van der Waals surface area contributed by atoms with E-state index in [1.165, 1.54) is 13.0 Å². The van der Waals surface area contributed by atoms with Crippen LogP contribution in [0.1, 0.15) is 64.7 Å². The van der Waals surface area contributed by atoms with E-state index in [0.717, 1.165) is 38.5 Å². The summed E-state index contributed by atoms with van der Waals surface area (Å²) < 4.78 is 0. The van der Waals surface area contributed by atoms with Gasteiger partial charge in [0, 0.05) is 23.8 Å². The Hall–Kier alpha value is -1.97. The quantitative estimate of drug-likeness (QED) is 0.175. The summed E-state index contributed by atoms with van der Waals surface area (Å²) in [5.41, 5.74) is -0.902. The molecule has 0 saturated heterocycles. The maximum atomic E-state index is 10.4. The molecule has 0 bridgehead atoms. The Balaban J connectivity index is 0. The zero-order chi connectivity index (χ0) is 22.0. The largest absolute Gasteiger partial charge is 0.481 e. The normalized spacial score (nSPS) is 11.5. The van der Waals surface area contributed by atoms with Gasteiger partial charge in [-0.15, -0.1) is 0 Å². The molecular weight excluding hydrogens is 372 g/mol. The molecule has 0 saturated carbocycles. The van der Waals surface area contributed by atoms with Gasteiger partial charge in [-0.3, -0.25) is 9.59 Å². The van der Waals surface area contributed by atoms with Crippen molar-refractivity contribution in [3.63, 3.8) is 0 Å². The van der Waals surface area contributed by atoms with Gasteiger partial charge in [0.05, 0.1) is 19.8 Å². The summed E-state index contributed by atoms with van der Waals surface area (Å²) in [6, 6.07) is 0. The van der Waals surface area contributed by atoms with Gasteiger partial charge in [0.25, 0.3) is 0 Å². The first kappa shape index (κ1) is 28.2. The second-order valence-electron chi connectivity index (χ2n) is 6.78. The molecule has 164 valence electrons. The third-order valence-corrected chi connectivity index (χ3v) is 4.22. The van der Waals surface area contributed by atoms with Crippen LogP contribution < -0.4 is 0 Å². The van der Waals surface area contributed by atoms with Gasteiger partial charge < -0.3 is 30.6 Å². The summed E-state index contributed by atoms with van der Waals surface area (Å²) in [5.74, 6) is -2.53. The topological polar surface area (TPSA) is 173 Å². The van der Waals surface area contributed by atoms with E-state index < -0.39 is 23.3 Å². The average Bonchev–Trinajstić information content (AvgIpc) is 2.65. The van der Waals surface area contributed by atoms with Crippen molar-refractivity contribution in [2.24, 2.45) is 5.41 Å². The van der Waals surface area contributed by atoms with Gasteiger partial charge in [-0.05, 0) is 26.2 Å². The van der Waals surface area contributed by atoms with Gasteiger partial charge in [0.1, 0.15) is 0 Å². The van der Waals surface area contributed by atoms with Crippen molar-refractivity contribution in [2.45, 2.75) is 64.7 Å². The highest BCUT2D eigenvalue weighted by molar-refractivity contribution is 5.85. The lowest BCUT2D eigenvalue weighted by Gasteiger charge is -2.25. The van der Waals surface area contributed by atoms with Gasteiger partial charge in [0.2, 0.25) is 0 Å². The number of carboxylic acids is 3. The summed E-state index contributed by atoms with van der Waals surface area (Å²) in [6.45, 7) is 0.259. The van der Waals surface area contributed by atoms with E-state index in [9.17, 15) is 14.4 Å². The molecule has 28 heavy (non-hydrogen) atoms. The van der Waals surface area contributed by atoms with Crippen LogP contribution in [0.3, 0.4) is 0 Å². The van der Waals surface area contributed by atoms with Gasteiger partial charge in [-0.2, -0.15) is 0 Å². The molecule has 0 heterocycles. The highest BCUT2D eigenvalue weighted by Gasteiger charge is 2.26. The van der Waals surface area contributed by atoms with Crippen molar-refractivity contribution in [1.82, 2.24) is 0 Å². The lowest BCUT2D eigenvalue weighted by atomic mass is 9.86. The standard InChI is InChI=1S/C10H18O4.C9H16O5/c11-9(12)7-5-3-1-2-4-6-8-10(13)14;1-7(8(13)14)2-3-9(4-10,5-11)6-12/h1-8H2,(H,11,12)(H,13,14);2,10-12H,3-6H2,1H3,(H,13,14). The summed E-state index contributed by atoms with van der Waals surface area (Å²) >= 11 is 0. The van der Waals surface area contributed by atoms with E-state index in [1.807, 2.05) is 0 Å². The van der Waals surface area contributed by atoms with Gasteiger partial charge in [0.15, 0.2) is 0 Å². The molecule has 6 N–H and O–H groups in total. The number of aliphatic hydroxyl groups is 3. The molecule has 0 aliphatic heterocycles. The minimum absolute atomic E-state index is 0.129. The van der Waals surface area contributed by atoms with E-state index in [2.05, 4.69) is 0 Å². The van der Waals surface area contributed by atoms with Crippen LogP contribution in [-0.4, -0.2) is 68.4 Å². The molecule has 0 atom stereocenters. The highest BCUT2D eigenvalue weighted by atomic mass is 16.4. The molecular formula is C19H34O9.